The molecule has 1 N–H and O–H groups in total. The highest BCUT2D eigenvalue weighted by molar-refractivity contribution is 5.68. The quantitative estimate of drug-likeness (QED) is 0.744. The Bertz CT molecular complexity index is 758. The van der Waals surface area contributed by atoms with Crippen molar-refractivity contribution in [3.63, 3.8) is 0 Å². The number of aliphatic hydroxyl groups is 1. The van der Waals surface area contributed by atoms with E-state index in [-0.39, 0.29) is 6.09 Å². The number of hydrogen-bond donors (Lipinski definition) is 1. The molecule has 1 aromatic rings. The fourth-order valence-corrected chi connectivity index (χ4v) is 4.95. The van der Waals surface area contributed by atoms with Gasteiger partial charge in [0.15, 0.2) is 0 Å². The third-order valence-corrected chi connectivity index (χ3v) is 6.42. The molecule has 0 spiro atoms. The number of hydrogen-bond acceptors (Lipinski definition) is 4. The molecule has 30 heavy (non-hydrogen) atoms. The zero-order valence-corrected chi connectivity index (χ0v) is 19.4. The van der Waals surface area contributed by atoms with Crippen molar-refractivity contribution in [2.45, 2.75) is 65.1 Å². The maximum Gasteiger partial charge on any atom is 0.410 e. The van der Waals surface area contributed by atoms with Gasteiger partial charge in [-0.3, -0.25) is 4.48 Å². The summed E-state index contributed by atoms with van der Waals surface area (Å²) in [6.07, 6.45) is 3.22. The molecule has 0 aliphatic carbocycles. The SMILES string of the molecule is CC[N+]1(CC(O)COC)CCCc2cc3c(cc21)CCN(C(=O)OC(C)(C)C)CC3. The maximum absolute atomic E-state index is 12.6. The molecule has 0 bridgehead atoms. The van der Waals surface area contributed by atoms with Gasteiger partial charge in [-0.15, -0.1) is 0 Å². The van der Waals surface area contributed by atoms with Gasteiger partial charge in [-0.05, 0) is 64.2 Å². The number of fused-ring (bicyclic) bond motifs is 2. The van der Waals surface area contributed by atoms with Crippen LogP contribution in [0.1, 0.15) is 50.8 Å². The topological polar surface area (TPSA) is 59.0 Å². The highest BCUT2D eigenvalue weighted by Gasteiger charge is 2.37. The molecule has 0 fully saturated rings. The Morgan fingerprint density at radius 2 is 1.83 bits per heavy atom. The third-order valence-electron chi connectivity index (χ3n) is 6.42. The molecule has 0 radical (unpaired) electrons. The standard InChI is InChI=1S/C24H39N2O4/c1-6-26(16-21(27)17-29-5)13-7-8-20-14-18-9-11-25(23(28)30-24(2,3)4)12-10-19(18)15-22(20)26/h14-15,21,27H,6-13,16-17H2,1-5H3/q+1. The molecule has 6 heteroatoms. The van der Waals surface area contributed by atoms with Crippen LogP contribution in [-0.2, 0) is 28.7 Å². The van der Waals surface area contributed by atoms with Crippen LogP contribution in [0.5, 0.6) is 0 Å². The summed E-state index contributed by atoms with van der Waals surface area (Å²) in [7, 11) is 1.64. The van der Waals surface area contributed by atoms with Crippen molar-refractivity contribution in [3.05, 3.63) is 28.8 Å². The second-order valence-corrected chi connectivity index (χ2v) is 9.80. The van der Waals surface area contributed by atoms with E-state index in [1.165, 1.54) is 22.4 Å². The van der Waals surface area contributed by atoms with Crippen molar-refractivity contribution >= 4 is 11.8 Å². The minimum Gasteiger partial charge on any atom is -0.444 e. The Balaban J connectivity index is 1.84. The Hall–Kier alpha value is -1.63. The molecule has 2 atom stereocenters. The number of ether oxygens (including phenoxy) is 2. The largest absolute Gasteiger partial charge is 0.444 e. The van der Waals surface area contributed by atoms with Crippen LogP contribution in [0.25, 0.3) is 0 Å². The van der Waals surface area contributed by atoms with Crippen LogP contribution in [0.4, 0.5) is 10.5 Å². The number of amides is 1. The molecule has 2 aliphatic rings. The Labute approximate surface area is 181 Å². The Kier molecular flexibility index (Phi) is 7.10. The molecule has 6 nitrogen and oxygen atoms in total. The average molecular weight is 420 g/mol. The third kappa shape index (κ3) is 5.16. The molecule has 2 aliphatic heterocycles. The molecule has 1 aromatic carbocycles. The summed E-state index contributed by atoms with van der Waals surface area (Å²) in [6, 6.07) is 4.74. The van der Waals surface area contributed by atoms with E-state index in [4.69, 9.17) is 9.47 Å². The van der Waals surface area contributed by atoms with Gasteiger partial charge in [0.05, 0.1) is 19.7 Å². The van der Waals surface area contributed by atoms with E-state index in [0.717, 1.165) is 43.3 Å². The zero-order valence-electron chi connectivity index (χ0n) is 19.4. The molecule has 1 amide bonds. The predicted octanol–water partition coefficient (Wildman–Crippen LogP) is 3.30. The molecule has 0 saturated heterocycles. The zero-order chi connectivity index (χ0) is 21.9. The van der Waals surface area contributed by atoms with Crippen molar-refractivity contribution in [2.24, 2.45) is 0 Å². The number of carbonyl (C=O) groups excluding carboxylic acids is 1. The molecule has 0 saturated carbocycles. The smallest absolute Gasteiger partial charge is 0.410 e. The van der Waals surface area contributed by atoms with E-state index in [1.54, 1.807) is 7.11 Å². The van der Waals surface area contributed by atoms with Gasteiger partial charge < -0.3 is 19.5 Å². The van der Waals surface area contributed by atoms with Crippen molar-refractivity contribution in [2.75, 3.05) is 46.4 Å². The second-order valence-electron chi connectivity index (χ2n) is 9.80. The minimum atomic E-state index is -0.476. The first-order chi connectivity index (χ1) is 14.2. The predicted molar refractivity (Wildman–Crippen MR) is 120 cm³/mol. The van der Waals surface area contributed by atoms with Crippen LogP contribution in [0.15, 0.2) is 12.1 Å². The first-order valence-corrected chi connectivity index (χ1v) is 11.3. The van der Waals surface area contributed by atoms with Gasteiger partial charge in [-0.2, -0.15) is 0 Å². The molecular weight excluding hydrogens is 380 g/mol. The van der Waals surface area contributed by atoms with E-state index >= 15 is 0 Å². The van der Waals surface area contributed by atoms with Crippen LogP contribution < -0.4 is 4.48 Å². The molecule has 3 rings (SSSR count). The normalized spacial score (nSPS) is 22.7. The lowest BCUT2D eigenvalue weighted by atomic mass is 9.91. The van der Waals surface area contributed by atoms with E-state index < -0.39 is 11.7 Å². The summed E-state index contributed by atoms with van der Waals surface area (Å²) in [4.78, 5) is 14.4. The van der Waals surface area contributed by atoms with Gasteiger partial charge in [0.25, 0.3) is 0 Å². The lowest BCUT2D eigenvalue weighted by Crippen LogP contribution is -2.56. The van der Waals surface area contributed by atoms with Crippen LogP contribution in [-0.4, -0.2) is 74.2 Å². The summed E-state index contributed by atoms with van der Waals surface area (Å²) < 4.78 is 11.6. The van der Waals surface area contributed by atoms with Gasteiger partial charge in [-0.25, -0.2) is 4.79 Å². The second kappa shape index (κ2) is 9.25. The van der Waals surface area contributed by atoms with Gasteiger partial charge in [0, 0.05) is 38.2 Å². The first-order valence-electron chi connectivity index (χ1n) is 11.3. The van der Waals surface area contributed by atoms with Gasteiger partial charge in [0.1, 0.15) is 23.9 Å². The number of aryl methyl sites for hydroxylation is 1. The van der Waals surface area contributed by atoms with Crippen molar-refractivity contribution < 1.29 is 19.4 Å². The first kappa shape index (κ1) is 23.0. The summed E-state index contributed by atoms with van der Waals surface area (Å²) in [5, 5.41) is 10.5. The van der Waals surface area contributed by atoms with Gasteiger partial charge >= 0.3 is 6.09 Å². The summed E-state index contributed by atoms with van der Waals surface area (Å²) in [6.45, 7) is 12.4. The lowest BCUT2D eigenvalue weighted by Gasteiger charge is -2.43. The van der Waals surface area contributed by atoms with Crippen LogP contribution >= 0.6 is 0 Å². The van der Waals surface area contributed by atoms with Gasteiger partial charge in [0.2, 0.25) is 0 Å². The van der Waals surface area contributed by atoms with Crippen LogP contribution in [0.2, 0.25) is 0 Å². The number of quaternary nitrogens is 1. The van der Waals surface area contributed by atoms with E-state index in [0.29, 0.717) is 26.2 Å². The van der Waals surface area contributed by atoms with Crippen molar-refractivity contribution in [1.82, 2.24) is 9.38 Å². The molecule has 2 heterocycles. The summed E-state index contributed by atoms with van der Waals surface area (Å²) in [5.74, 6) is 0. The van der Waals surface area contributed by atoms with E-state index in [9.17, 15) is 9.90 Å². The molecule has 168 valence electrons. The Morgan fingerprint density at radius 1 is 1.17 bits per heavy atom. The maximum atomic E-state index is 12.6. The van der Waals surface area contributed by atoms with Crippen LogP contribution in [0, 0.1) is 0 Å². The number of benzene rings is 1. The van der Waals surface area contributed by atoms with Gasteiger partial charge in [-0.1, -0.05) is 0 Å². The molecule has 0 aromatic heterocycles. The number of carbonyl (C=O) groups is 1. The van der Waals surface area contributed by atoms with Crippen molar-refractivity contribution in [3.8, 4) is 0 Å². The minimum absolute atomic E-state index is 0.221. The average Bonchev–Trinajstić information content (AvgIpc) is 2.88. The molecule has 2 unspecified atom stereocenters. The number of likely N-dealkylation sites (N-methyl/N-ethyl adjacent to an activating group) is 1. The fraction of sp³-hybridized carbons (Fsp3) is 0.708. The number of nitrogens with zero attached hydrogens (tertiary/aromatic N) is 2. The van der Waals surface area contributed by atoms with E-state index in [1.807, 2.05) is 25.7 Å². The number of methoxy groups -OCH3 is 1. The number of aliphatic hydroxyl groups excluding tert-OH is 1. The highest BCUT2D eigenvalue weighted by Crippen LogP contribution is 2.37. The summed E-state index contributed by atoms with van der Waals surface area (Å²) >= 11 is 0. The van der Waals surface area contributed by atoms with Crippen LogP contribution in [0.3, 0.4) is 0 Å². The monoisotopic (exact) mass is 419 g/mol. The fourth-order valence-electron chi connectivity index (χ4n) is 4.95. The lowest BCUT2D eigenvalue weighted by molar-refractivity contribution is 0.0258. The number of rotatable bonds is 5. The summed E-state index contributed by atoms with van der Waals surface area (Å²) in [5.41, 5.74) is 4.96. The Morgan fingerprint density at radius 3 is 2.43 bits per heavy atom. The highest BCUT2D eigenvalue weighted by atomic mass is 16.6. The van der Waals surface area contributed by atoms with Crippen molar-refractivity contribution in [1.29, 1.82) is 0 Å². The van der Waals surface area contributed by atoms with E-state index in [2.05, 4.69) is 19.1 Å². The molecular formula is C24H39N2O4+.